The van der Waals surface area contributed by atoms with Gasteiger partial charge < -0.3 is 5.11 Å². The number of carboxylic acids is 1. The van der Waals surface area contributed by atoms with E-state index in [1.165, 1.54) is 30.5 Å². The predicted octanol–water partition coefficient (Wildman–Crippen LogP) is 1.42. The predicted molar refractivity (Wildman–Crippen MR) is 48.5 cm³/mol. The Hall–Kier alpha value is -1.36. The molecule has 0 spiro atoms. The van der Waals surface area contributed by atoms with E-state index in [1.807, 2.05) is 0 Å². The Kier molecular flexibility index (Phi) is 2.38. The van der Waals surface area contributed by atoms with E-state index in [4.69, 9.17) is 9.89 Å². The highest BCUT2D eigenvalue weighted by atomic mass is 32.2. The first-order valence-electron chi connectivity index (χ1n) is 3.48. The molecule has 0 fully saturated rings. The number of hydrogen-bond acceptors (Lipinski definition) is 3. The molecule has 1 aromatic carbocycles. The van der Waals surface area contributed by atoms with E-state index in [0.717, 1.165) is 0 Å². The van der Waals surface area contributed by atoms with Crippen LogP contribution in [0.25, 0.3) is 0 Å². The Bertz CT molecular complexity index is 419. The molecule has 0 saturated heterocycles. The average molecular weight is 199 g/mol. The number of benzene rings is 1. The summed E-state index contributed by atoms with van der Waals surface area (Å²) in [4.78, 5) is 10.8. The SMILES string of the molecule is C[S@](=N)(=O)c1ccc(C(=O)O)cc1. The molecule has 0 amide bonds. The van der Waals surface area contributed by atoms with Crippen molar-refractivity contribution >= 4 is 15.7 Å². The minimum Gasteiger partial charge on any atom is -0.478 e. The van der Waals surface area contributed by atoms with Crippen LogP contribution < -0.4 is 0 Å². The van der Waals surface area contributed by atoms with Gasteiger partial charge in [-0.25, -0.2) is 13.8 Å². The van der Waals surface area contributed by atoms with Gasteiger partial charge in [-0.05, 0) is 24.3 Å². The fraction of sp³-hybridized carbons (Fsp3) is 0.125. The van der Waals surface area contributed by atoms with Crippen molar-refractivity contribution in [2.75, 3.05) is 6.26 Å². The van der Waals surface area contributed by atoms with Gasteiger partial charge in [-0.15, -0.1) is 0 Å². The fourth-order valence-electron chi connectivity index (χ4n) is 0.857. The third kappa shape index (κ3) is 2.29. The van der Waals surface area contributed by atoms with Crippen LogP contribution >= 0.6 is 0 Å². The summed E-state index contributed by atoms with van der Waals surface area (Å²) in [6.07, 6.45) is 1.29. The highest BCUT2D eigenvalue weighted by Gasteiger charge is 2.05. The van der Waals surface area contributed by atoms with E-state index in [9.17, 15) is 9.00 Å². The van der Waals surface area contributed by atoms with Crippen molar-refractivity contribution < 1.29 is 14.1 Å². The second-order valence-electron chi connectivity index (χ2n) is 2.67. The zero-order valence-corrected chi connectivity index (χ0v) is 7.80. The first-order valence-corrected chi connectivity index (χ1v) is 5.45. The third-order valence-electron chi connectivity index (χ3n) is 1.55. The van der Waals surface area contributed by atoms with Gasteiger partial charge in [0, 0.05) is 11.2 Å². The Labute approximate surface area is 76.2 Å². The molecule has 0 saturated carbocycles. The van der Waals surface area contributed by atoms with Crippen LogP contribution in [0.1, 0.15) is 10.4 Å². The van der Waals surface area contributed by atoms with Crippen LogP contribution in [0.4, 0.5) is 0 Å². The average Bonchev–Trinajstić information content (AvgIpc) is 2.03. The van der Waals surface area contributed by atoms with Crippen LogP contribution in [0.5, 0.6) is 0 Å². The number of carboxylic acid groups (broad SMARTS) is 1. The summed E-state index contributed by atoms with van der Waals surface area (Å²) >= 11 is 0. The number of nitrogens with one attached hydrogen (secondary N) is 1. The van der Waals surface area contributed by atoms with Gasteiger partial charge in [0.2, 0.25) is 0 Å². The topological polar surface area (TPSA) is 78.2 Å². The first kappa shape index (κ1) is 9.73. The van der Waals surface area contributed by atoms with E-state index in [-0.39, 0.29) is 5.56 Å². The van der Waals surface area contributed by atoms with E-state index in [0.29, 0.717) is 4.90 Å². The van der Waals surface area contributed by atoms with Crippen molar-refractivity contribution in [1.29, 1.82) is 4.78 Å². The number of carbonyl (C=O) groups is 1. The monoisotopic (exact) mass is 199 g/mol. The molecule has 1 atom stereocenters. The van der Waals surface area contributed by atoms with E-state index in [1.54, 1.807) is 0 Å². The quantitative estimate of drug-likeness (QED) is 0.756. The molecule has 70 valence electrons. The molecule has 0 aromatic heterocycles. The molecule has 0 unspecified atom stereocenters. The lowest BCUT2D eigenvalue weighted by Crippen LogP contribution is -1.98. The Morgan fingerprint density at radius 2 is 1.85 bits per heavy atom. The number of hydrogen-bond donors (Lipinski definition) is 2. The van der Waals surface area contributed by atoms with Crippen LogP contribution in [0, 0.1) is 4.78 Å². The van der Waals surface area contributed by atoms with Crippen LogP contribution in [-0.4, -0.2) is 21.5 Å². The lowest BCUT2D eigenvalue weighted by atomic mass is 10.2. The molecule has 0 heterocycles. The van der Waals surface area contributed by atoms with Crippen molar-refractivity contribution in [2.24, 2.45) is 0 Å². The van der Waals surface area contributed by atoms with Gasteiger partial charge in [0.25, 0.3) is 0 Å². The number of rotatable bonds is 2. The maximum absolute atomic E-state index is 11.2. The second kappa shape index (κ2) is 3.18. The van der Waals surface area contributed by atoms with Crippen molar-refractivity contribution in [2.45, 2.75) is 4.90 Å². The van der Waals surface area contributed by atoms with Gasteiger partial charge in [-0.1, -0.05) is 0 Å². The minimum absolute atomic E-state index is 0.132. The molecule has 0 aliphatic heterocycles. The summed E-state index contributed by atoms with van der Waals surface area (Å²) in [6, 6.07) is 5.49. The summed E-state index contributed by atoms with van der Waals surface area (Å²) in [6.45, 7) is 0. The molecule has 2 N–H and O–H groups in total. The van der Waals surface area contributed by atoms with Gasteiger partial charge >= 0.3 is 5.97 Å². The first-order chi connectivity index (χ1) is 5.91. The van der Waals surface area contributed by atoms with Crippen molar-refractivity contribution in [3.63, 3.8) is 0 Å². The number of aromatic carboxylic acids is 1. The third-order valence-corrected chi connectivity index (χ3v) is 2.72. The highest BCUT2D eigenvalue weighted by Crippen LogP contribution is 2.10. The summed E-state index contributed by atoms with van der Waals surface area (Å²) in [7, 11) is -2.74. The Morgan fingerprint density at radius 1 is 1.38 bits per heavy atom. The highest BCUT2D eigenvalue weighted by molar-refractivity contribution is 7.91. The zero-order valence-electron chi connectivity index (χ0n) is 6.98. The molecule has 0 aliphatic rings. The molecule has 4 nitrogen and oxygen atoms in total. The fourth-order valence-corrected chi connectivity index (χ4v) is 1.51. The van der Waals surface area contributed by atoms with Gasteiger partial charge in [0.15, 0.2) is 0 Å². The molecular weight excluding hydrogens is 190 g/mol. The van der Waals surface area contributed by atoms with Gasteiger partial charge in [-0.3, -0.25) is 0 Å². The van der Waals surface area contributed by atoms with Gasteiger partial charge in [-0.2, -0.15) is 0 Å². The van der Waals surface area contributed by atoms with E-state index >= 15 is 0 Å². The smallest absolute Gasteiger partial charge is 0.335 e. The molecule has 0 bridgehead atoms. The van der Waals surface area contributed by atoms with Crippen molar-refractivity contribution in [1.82, 2.24) is 0 Å². The van der Waals surface area contributed by atoms with Crippen LogP contribution in [0.3, 0.4) is 0 Å². The summed E-state index contributed by atoms with van der Waals surface area (Å²) in [5, 5.41) is 8.56. The molecule has 13 heavy (non-hydrogen) atoms. The largest absolute Gasteiger partial charge is 0.478 e. The Morgan fingerprint density at radius 3 is 2.15 bits per heavy atom. The lowest BCUT2D eigenvalue weighted by Gasteiger charge is -2.00. The molecule has 5 heteroatoms. The zero-order chi connectivity index (χ0) is 10.1. The lowest BCUT2D eigenvalue weighted by molar-refractivity contribution is 0.0697. The molecule has 0 aliphatic carbocycles. The van der Waals surface area contributed by atoms with Crippen LogP contribution in [0.2, 0.25) is 0 Å². The van der Waals surface area contributed by atoms with Gasteiger partial charge in [0.1, 0.15) is 0 Å². The summed E-state index contributed by atoms with van der Waals surface area (Å²) in [5.41, 5.74) is 0.132. The molecule has 1 rings (SSSR count). The maximum Gasteiger partial charge on any atom is 0.335 e. The molecular formula is C8H9NO3S. The van der Waals surface area contributed by atoms with E-state index in [2.05, 4.69) is 0 Å². The summed E-state index contributed by atoms with van der Waals surface area (Å²) in [5.74, 6) is -1.03. The van der Waals surface area contributed by atoms with Crippen molar-refractivity contribution in [3.05, 3.63) is 29.8 Å². The maximum atomic E-state index is 11.2. The summed E-state index contributed by atoms with van der Waals surface area (Å²) < 4.78 is 18.4. The second-order valence-corrected chi connectivity index (χ2v) is 4.83. The van der Waals surface area contributed by atoms with Crippen LogP contribution in [-0.2, 0) is 9.73 Å². The Balaban J connectivity index is 3.16. The van der Waals surface area contributed by atoms with Crippen molar-refractivity contribution in [3.8, 4) is 0 Å². The minimum atomic E-state index is -2.74. The van der Waals surface area contributed by atoms with E-state index < -0.39 is 15.7 Å². The molecule has 0 radical (unpaired) electrons. The van der Waals surface area contributed by atoms with Gasteiger partial charge in [0.05, 0.1) is 15.3 Å². The van der Waals surface area contributed by atoms with Crippen LogP contribution in [0.15, 0.2) is 29.2 Å². The standard InChI is InChI=1S/C8H9NO3S/c1-13(9,12)7-4-2-6(3-5-7)8(10)11/h2-5,9H,1H3,(H,10,11)/t13-/m0/s1. The molecule has 1 aromatic rings. The normalized spacial score (nSPS) is 14.8.